The third-order valence-electron chi connectivity index (χ3n) is 2.01. The smallest absolute Gasteiger partial charge is 0.287 e. The second-order valence-corrected chi connectivity index (χ2v) is 3.17. The zero-order chi connectivity index (χ0) is 10.6. The number of aliphatic hydroxyl groups is 1. The number of carbonyl (C=O) groups is 1. The Hall–Kier alpha value is -1.29. The molecule has 14 heavy (non-hydrogen) atoms. The van der Waals surface area contributed by atoms with Gasteiger partial charge in [-0.3, -0.25) is 4.79 Å². The molecule has 0 unspecified atom stereocenters. The highest BCUT2D eigenvalue weighted by Gasteiger charge is 2.13. The maximum Gasteiger partial charge on any atom is 0.287 e. The molecule has 0 aromatic carbocycles. The van der Waals surface area contributed by atoms with E-state index in [1.54, 1.807) is 19.1 Å². The number of hydrogen-bond donors (Lipinski definition) is 2. The number of hydrogen-bond acceptors (Lipinski definition) is 3. The molecule has 4 nitrogen and oxygen atoms in total. The Labute approximate surface area is 82.9 Å². The van der Waals surface area contributed by atoms with Gasteiger partial charge in [0.05, 0.1) is 12.6 Å². The van der Waals surface area contributed by atoms with Gasteiger partial charge in [0.25, 0.3) is 5.91 Å². The van der Waals surface area contributed by atoms with Gasteiger partial charge in [0.15, 0.2) is 5.76 Å². The van der Waals surface area contributed by atoms with Crippen molar-refractivity contribution in [3.05, 3.63) is 23.7 Å². The zero-order valence-corrected chi connectivity index (χ0v) is 8.41. The molecule has 4 heteroatoms. The maximum atomic E-state index is 11.5. The normalized spacial score (nSPS) is 12.5. The number of rotatable bonds is 4. The lowest BCUT2D eigenvalue weighted by molar-refractivity contribution is 0.0885. The highest BCUT2D eigenvalue weighted by molar-refractivity contribution is 5.91. The molecule has 1 rings (SSSR count). The highest BCUT2D eigenvalue weighted by atomic mass is 16.3. The Morgan fingerprint density at radius 3 is 2.79 bits per heavy atom. The number of aliphatic hydroxyl groups excluding tert-OH is 1. The van der Waals surface area contributed by atoms with Crippen molar-refractivity contribution >= 4 is 5.91 Å². The van der Waals surface area contributed by atoms with E-state index >= 15 is 0 Å². The molecule has 0 aliphatic heterocycles. The summed E-state index contributed by atoms with van der Waals surface area (Å²) >= 11 is 0. The van der Waals surface area contributed by atoms with Crippen LogP contribution in [0.2, 0.25) is 0 Å². The third kappa shape index (κ3) is 2.60. The van der Waals surface area contributed by atoms with Crippen LogP contribution in [0.3, 0.4) is 0 Å². The highest BCUT2D eigenvalue weighted by Crippen LogP contribution is 2.06. The minimum atomic E-state index is -0.279. The molecule has 0 saturated carbocycles. The Morgan fingerprint density at radius 2 is 2.36 bits per heavy atom. The Kier molecular flexibility index (Phi) is 3.71. The maximum absolute atomic E-state index is 11.5. The molecule has 0 aliphatic carbocycles. The summed E-state index contributed by atoms with van der Waals surface area (Å²) < 4.78 is 5.14. The topological polar surface area (TPSA) is 62.5 Å². The van der Waals surface area contributed by atoms with Crippen molar-refractivity contribution < 1.29 is 14.3 Å². The molecule has 0 radical (unpaired) electrons. The number of nitrogens with one attached hydrogen (secondary N) is 1. The molecule has 1 atom stereocenters. The van der Waals surface area contributed by atoms with Crippen molar-refractivity contribution in [3.8, 4) is 0 Å². The fourth-order valence-electron chi connectivity index (χ4n) is 1.09. The minimum absolute atomic E-state index is 0.0536. The molecular formula is C10H15NO3. The quantitative estimate of drug-likeness (QED) is 0.759. The van der Waals surface area contributed by atoms with Crippen LogP contribution < -0.4 is 5.32 Å². The molecule has 0 aliphatic rings. The molecular weight excluding hydrogens is 182 g/mol. The van der Waals surface area contributed by atoms with Crippen LogP contribution in [0.15, 0.2) is 16.5 Å². The summed E-state index contributed by atoms with van der Waals surface area (Å²) in [6.45, 7) is 3.62. The van der Waals surface area contributed by atoms with Crippen LogP contribution in [-0.2, 0) is 0 Å². The molecule has 1 heterocycles. The van der Waals surface area contributed by atoms with E-state index in [1.165, 1.54) is 0 Å². The number of furan rings is 1. The molecule has 0 saturated heterocycles. The summed E-state index contributed by atoms with van der Waals surface area (Å²) in [5.74, 6) is 0.709. The van der Waals surface area contributed by atoms with Crippen molar-refractivity contribution in [3.63, 3.8) is 0 Å². The second kappa shape index (κ2) is 4.81. The van der Waals surface area contributed by atoms with Crippen LogP contribution in [0, 0.1) is 6.92 Å². The summed E-state index contributed by atoms with van der Waals surface area (Å²) in [5, 5.41) is 11.5. The summed E-state index contributed by atoms with van der Waals surface area (Å²) in [6.07, 6.45) is 0.696. The summed E-state index contributed by atoms with van der Waals surface area (Å²) in [5.41, 5.74) is 0. The lowest BCUT2D eigenvalue weighted by Crippen LogP contribution is -2.36. The van der Waals surface area contributed by atoms with Crippen LogP contribution in [0.4, 0.5) is 0 Å². The summed E-state index contributed by atoms with van der Waals surface area (Å²) in [6, 6.07) is 3.15. The molecule has 78 valence electrons. The van der Waals surface area contributed by atoms with Crippen molar-refractivity contribution in [1.29, 1.82) is 0 Å². The lowest BCUT2D eigenvalue weighted by Gasteiger charge is -2.12. The van der Waals surface area contributed by atoms with E-state index in [-0.39, 0.29) is 24.3 Å². The summed E-state index contributed by atoms with van der Waals surface area (Å²) in [4.78, 5) is 11.5. The monoisotopic (exact) mass is 197 g/mol. The van der Waals surface area contributed by atoms with Gasteiger partial charge in [0, 0.05) is 0 Å². The van der Waals surface area contributed by atoms with Gasteiger partial charge < -0.3 is 14.8 Å². The van der Waals surface area contributed by atoms with E-state index in [4.69, 9.17) is 9.52 Å². The predicted octanol–water partition coefficient (Wildman–Crippen LogP) is 1.09. The van der Waals surface area contributed by atoms with Crippen molar-refractivity contribution in [2.45, 2.75) is 26.3 Å². The Morgan fingerprint density at radius 1 is 1.64 bits per heavy atom. The number of amides is 1. The molecule has 0 spiro atoms. The van der Waals surface area contributed by atoms with Gasteiger partial charge in [-0.25, -0.2) is 0 Å². The molecule has 2 N–H and O–H groups in total. The Balaban J connectivity index is 2.58. The van der Waals surface area contributed by atoms with Gasteiger partial charge in [-0.1, -0.05) is 6.92 Å². The van der Waals surface area contributed by atoms with Gasteiger partial charge in [0.2, 0.25) is 0 Å². The van der Waals surface area contributed by atoms with Crippen LogP contribution in [0.5, 0.6) is 0 Å². The van der Waals surface area contributed by atoms with Gasteiger partial charge in [-0.2, -0.15) is 0 Å². The van der Waals surface area contributed by atoms with Gasteiger partial charge in [-0.05, 0) is 25.5 Å². The summed E-state index contributed by atoms with van der Waals surface area (Å²) in [7, 11) is 0. The minimum Gasteiger partial charge on any atom is -0.456 e. The first-order valence-electron chi connectivity index (χ1n) is 4.65. The van der Waals surface area contributed by atoms with Crippen LogP contribution >= 0.6 is 0 Å². The first-order chi connectivity index (χ1) is 6.67. The SMILES string of the molecule is CC[C@H](CO)NC(=O)c1ccc(C)o1. The number of carbonyl (C=O) groups excluding carboxylic acids is 1. The average Bonchev–Trinajstić information content (AvgIpc) is 2.61. The van der Waals surface area contributed by atoms with E-state index < -0.39 is 0 Å². The van der Waals surface area contributed by atoms with Crippen LogP contribution in [0.25, 0.3) is 0 Å². The average molecular weight is 197 g/mol. The van der Waals surface area contributed by atoms with Crippen molar-refractivity contribution in [2.75, 3.05) is 6.61 Å². The molecule has 1 aromatic heterocycles. The van der Waals surface area contributed by atoms with Crippen LogP contribution in [-0.4, -0.2) is 23.7 Å². The fourth-order valence-corrected chi connectivity index (χ4v) is 1.09. The van der Waals surface area contributed by atoms with Gasteiger partial charge >= 0.3 is 0 Å². The largest absolute Gasteiger partial charge is 0.456 e. The first kappa shape index (κ1) is 10.8. The zero-order valence-electron chi connectivity index (χ0n) is 8.41. The molecule has 0 fully saturated rings. The van der Waals surface area contributed by atoms with E-state index in [0.717, 1.165) is 0 Å². The van der Waals surface area contributed by atoms with Crippen LogP contribution in [0.1, 0.15) is 29.7 Å². The Bertz CT molecular complexity index is 302. The second-order valence-electron chi connectivity index (χ2n) is 3.17. The molecule has 0 bridgehead atoms. The predicted molar refractivity (Wildman–Crippen MR) is 52.1 cm³/mol. The van der Waals surface area contributed by atoms with Crippen molar-refractivity contribution in [1.82, 2.24) is 5.32 Å². The lowest BCUT2D eigenvalue weighted by atomic mass is 10.2. The molecule has 1 amide bonds. The standard InChI is InChI=1S/C10H15NO3/c1-3-8(6-12)11-10(13)9-5-4-7(2)14-9/h4-5,8,12H,3,6H2,1-2H3,(H,11,13)/t8-/m1/s1. The van der Waals surface area contributed by atoms with E-state index in [2.05, 4.69) is 5.32 Å². The number of aryl methyl sites for hydroxylation is 1. The fraction of sp³-hybridized carbons (Fsp3) is 0.500. The van der Waals surface area contributed by atoms with E-state index in [9.17, 15) is 4.79 Å². The van der Waals surface area contributed by atoms with Gasteiger partial charge in [-0.15, -0.1) is 0 Å². The van der Waals surface area contributed by atoms with Crippen molar-refractivity contribution in [2.24, 2.45) is 0 Å². The third-order valence-corrected chi connectivity index (χ3v) is 2.01. The van der Waals surface area contributed by atoms with E-state index in [0.29, 0.717) is 12.2 Å². The van der Waals surface area contributed by atoms with E-state index in [1.807, 2.05) is 6.92 Å². The van der Waals surface area contributed by atoms with Gasteiger partial charge in [0.1, 0.15) is 5.76 Å². The first-order valence-corrected chi connectivity index (χ1v) is 4.65. The molecule has 1 aromatic rings.